The van der Waals surface area contributed by atoms with Gasteiger partial charge in [0.2, 0.25) is 0 Å². The van der Waals surface area contributed by atoms with E-state index in [2.05, 4.69) is 24.1 Å². The fraction of sp³-hybridized carbons (Fsp3) is 1.00. The van der Waals surface area contributed by atoms with Crippen molar-refractivity contribution in [1.29, 1.82) is 0 Å². The first-order valence-electron chi connectivity index (χ1n) is 8.60. The Morgan fingerprint density at radius 2 is 1.74 bits per heavy atom. The molecule has 3 fully saturated rings. The van der Waals surface area contributed by atoms with Gasteiger partial charge in [-0.1, -0.05) is 13.8 Å². The molecule has 1 saturated heterocycles. The van der Waals surface area contributed by atoms with Crippen molar-refractivity contribution in [3.8, 4) is 0 Å². The predicted molar refractivity (Wildman–Crippen MR) is 81.3 cm³/mol. The maximum absolute atomic E-state index is 3.89. The standard InChI is InChI=1S/C17H32N2/c1-17(2)8-3-11-19(12-9-17)13-10-18-16(14-4-5-14)15-6-7-15/h14-16,18H,3-13H2,1-2H3. The lowest BCUT2D eigenvalue weighted by atomic mass is 9.85. The van der Waals surface area contributed by atoms with E-state index in [1.807, 2.05) is 0 Å². The summed E-state index contributed by atoms with van der Waals surface area (Å²) in [5.41, 5.74) is 0.576. The molecule has 0 atom stereocenters. The van der Waals surface area contributed by atoms with Crippen molar-refractivity contribution >= 4 is 0 Å². The van der Waals surface area contributed by atoms with E-state index in [4.69, 9.17) is 0 Å². The van der Waals surface area contributed by atoms with E-state index in [0.717, 1.165) is 17.9 Å². The van der Waals surface area contributed by atoms with Gasteiger partial charge in [0.05, 0.1) is 0 Å². The predicted octanol–water partition coefficient (Wildman–Crippen LogP) is 3.28. The van der Waals surface area contributed by atoms with Crippen LogP contribution in [0.25, 0.3) is 0 Å². The van der Waals surface area contributed by atoms with Gasteiger partial charge in [-0.2, -0.15) is 0 Å². The van der Waals surface area contributed by atoms with E-state index in [1.165, 1.54) is 71.1 Å². The van der Waals surface area contributed by atoms with E-state index < -0.39 is 0 Å². The maximum atomic E-state index is 3.89. The molecule has 0 amide bonds. The second-order valence-corrected chi connectivity index (χ2v) is 8.01. The summed E-state index contributed by atoms with van der Waals surface area (Å²) in [6.07, 6.45) is 10.1. The Hall–Kier alpha value is -0.0800. The highest BCUT2D eigenvalue weighted by molar-refractivity contribution is 4.96. The van der Waals surface area contributed by atoms with Gasteiger partial charge in [-0.3, -0.25) is 0 Å². The average Bonchev–Trinajstić information content (AvgIpc) is 3.21. The van der Waals surface area contributed by atoms with E-state index in [1.54, 1.807) is 0 Å². The maximum Gasteiger partial charge on any atom is 0.0124 e. The highest BCUT2D eigenvalue weighted by Gasteiger charge is 2.40. The Bertz CT molecular complexity index is 280. The quantitative estimate of drug-likeness (QED) is 0.792. The van der Waals surface area contributed by atoms with Gasteiger partial charge in [0.25, 0.3) is 0 Å². The van der Waals surface area contributed by atoms with E-state index in [9.17, 15) is 0 Å². The van der Waals surface area contributed by atoms with Crippen LogP contribution in [0.4, 0.5) is 0 Å². The van der Waals surface area contributed by atoms with Gasteiger partial charge >= 0.3 is 0 Å². The molecule has 1 aliphatic heterocycles. The largest absolute Gasteiger partial charge is 0.312 e. The van der Waals surface area contributed by atoms with Crippen molar-refractivity contribution in [2.45, 2.75) is 64.8 Å². The number of hydrogen-bond donors (Lipinski definition) is 1. The Morgan fingerprint density at radius 1 is 1.05 bits per heavy atom. The number of rotatable bonds is 6. The van der Waals surface area contributed by atoms with Crippen molar-refractivity contribution < 1.29 is 0 Å². The Balaban J connectivity index is 1.37. The molecule has 0 aromatic carbocycles. The van der Waals surface area contributed by atoms with E-state index in [-0.39, 0.29) is 0 Å². The summed E-state index contributed by atoms with van der Waals surface area (Å²) in [5, 5.41) is 3.89. The molecular formula is C17H32N2. The lowest BCUT2D eigenvalue weighted by Crippen LogP contribution is -2.39. The Morgan fingerprint density at radius 3 is 2.37 bits per heavy atom. The molecule has 2 aliphatic carbocycles. The molecule has 3 rings (SSSR count). The van der Waals surface area contributed by atoms with Crippen LogP contribution in [0.5, 0.6) is 0 Å². The molecular weight excluding hydrogens is 232 g/mol. The second kappa shape index (κ2) is 5.73. The number of hydrogen-bond acceptors (Lipinski definition) is 2. The average molecular weight is 264 g/mol. The minimum absolute atomic E-state index is 0.576. The third-order valence-corrected chi connectivity index (χ3v) is 5.50. The van der Waals surface area contributed by atoms with Crippen LogP contribution in [0.1, 0.15) is 58.8 Å². The van der Waals surface area contributed by atoms with Crippen LogP contribution in [0.15, 0.2) is 0 Å². The summed E-state index contributed by atoms with van der Waals surface area (Å²) in [4.78, 5) is 2.69. The molecule has 0 spiro atoms. The minimum Gasteiger partial charge on any atom is -0.312 e. The van der Waals surface area contributed by atoms with Crippen LogP contribution in [0.2, 0.25) is 0 Å². The Labute approximate surface area is 119 Å². The third-order valence-electron chi connectivity index (χ3n) is 5.50. The fourth-order valence-corrected chi connectivity index (χ4v) is 3.72. The molecule has 0 radical (unpaired) electrons. The number of likely N-dealkylation sites (tertiary alicyclic amines) is 1. The molecule has 2 saturated carbocycles. The molecule has 0 bridgehead atoms. The van der Waals surface area contributed by atoms with Crippen molar-refractivity contribution in [2.24, 2.45) is 17.3 Å². The lowest BCUT2D eigenvalue weighted by molar-refractivity contribution is 0.255. The molecule has 2 nitrogen and oxygen atoms in total. The monoisotopic (exact) mass is 264 g/mol. The molecule has 3 aliphatic rings. The van der Waals surface area contributed by atoms with Crippen LogP contribution in [0, 0.1) is 17.3 Å². The van der Waals surface area contributed by atoms with E-state index >= 15 is 0 Å². The molecule has 1 heterocycles. The van der Waals surface area contributed by atoms with Crippen LogP contribution < -0.4 is 5.32 Å². The number of nitrogens with zero attached hydrogens (tertiary/aromatic N) is 1. The summed E-state index contributed by atoms with van der Waals surface area (Å²) < 4.78 is 0. The highest BCUT2D eigenvalue weighted by atomic mass is 15.1. The van der Waals surface area contributed by atoms with Crippen LogP contribution in [-0.4, -0.2) is 37.1 Å². The van der Waals surface area contributed by atoms with Gasteiger partial charge in [0.1, 0.15) is 0 Å². The van der Waals surface area contributed by atoms with Crippen molar-refractivity contribution in [1.82, 2.24) is 10.2 Å². The summed E-state index contributed by atoms with van der Waals surface area (Å²) in [6.45, 7) is 9.99. The molecule has 0 aromatic rings. The summed E-state index contributed by atoms with van der Waals surface area (Å²) in [5.74, 6) is 2.08. The van der Waals surface area contributed by atoms with Gasteiger partial charge in [-0.25, -0.2) is 0 Å². The van der Waals surface area contributed by atoms with Crippen LogP contribution in [-0.2, 0) is 0 Å². The molecule has 19 heavy (non-hydrogen) atoms. The normalized spacial score (nSPS) is 28.6. The smallest absolute Gasteiger partial charge is 0.0124 e. The lowest BCUT2D eigenvalue weighted by Gasteiger charge is -2.24. The van der Waals surface area contributed by atoms with Gasteiger partial charge < -0.3 is 10.2 Å². The van der Waals surface area contributed by atoms with Gasteiger partial charge in [0, 0.05) is 19.1 Å². The van der Waals surface area contributed by atoms with Crippen LogP contribution >= 0.6 is 0 Å². The SMILES string of the molecule is CC1(C)CCCN(CCNC(C2CC2)C2CC2)CC1. The summed E-state index contributed by atoms with van der Waals surface area (Å²) >= 11 is 0. The van der Waals surface area contributed by atoms with Crippen molar-refractivity contribution in [3.63, 3.8) is 0 Å². The Kier molecular flexibility index (Phi) is 4.19. The van der Waals surface area contributed by atoms with Crippen LogP contribution in [0.3, 0.4) is 0 Å². The topological polar surface area (TPSA) is 15.3 Å². The highest BCUT2D eigenvalue weighted by Crippen LogP contribution is 2.44. The zero-order valence-corrected chi connectivity index (χ0v) is 13.0. The first kappa shape index (κ1) is 13.9. The molecule has 2 heteroatoms. The molecule has 0 unspecified atom stereocenters. The number of nitrogens with one attached hydrogen (secondary N) is 1. The van der Waals surface area contributed by atoms with Gasteiger partial charge in [-0.05, 0) is 75.3 Å². The summed E-state index contributed by atoms with van der Waals surface area (Å²) in [6, 6.07) is 0.878. The zero-order valence-electron chi connectivity index (χ0n) is 13.0. The second-order valence-electron chi connectivity index (χ2n) is 8.01. The van der Waals surface area contributed by atoms with Gasteiger partial charge in [0.15, 0.2) is 0 Å². The third kappa shape index (κ3) is 4.19. The first-order valence-corrected chi connectivity index (χ1v) is 8.60. The summed E-state index contributed by atoms with van der Waals surface area (Å²) in [7, 11) is 0. The van der Waals surface area contributed by atoms with E-state index in [0.29, 0.717) is 5.41 Å². The van der Waals surface area contributed by atoms with Crippen molar-refractivity contribution in [3.05, 3.63) is 0 Å². The fourth-order valence-electron chi connectivity index (χ4n) is 3.72. The zero-order chi connectivity index (χ0) is 13.3. The van der Waals surface area contributed by atoms with Gasteiger partial charge in [-0.15, -0.1) is 0 Å². The van der Waals surface area contributed by atoms with Crippen molar-refractivity contribution in [2.75, 3.05) is 26.2 Å². The minimum atomic E-state index is 0.576. The molecule has 1 N–H and O–H groups in total. The molecule has 110 valence electrons. The first-order chi connectivity index (χ1) is 9.14. The molecule has 0 aromatic heterocycles.